The molecule has 2 aromatic carbocycles. The molecule has 0 radical (unpaired) electrons. The number of carbonyl (C=O) groups excluding carboxylic acids is 2. The summed E-state index contributed by atoms with van der Waals surface area (Å²) in [4.78, 5) is 30.8. The third-order valence-electron chi connectivity index (χ3n) is 5.69. The highest BCUT2D eigenvalue weighted by Crippen LogP contribution is 2.33. The number of aromatic nitrogens is 4. The van der Waals surface area contributed by atoms with E-state index < -0.39 is 23.6 Å². The Hall–Kier alpha value is -5.01. The van der Waals surface area contributed by atoms with Crippen molar-refractivity contribution in [1.82, 2.24) is 24.6 Å². The van der Waals surface area contributed by atoms with Crippen LogP contribution in [-0.4, -0.2) is 49.7 Å². The van der Waals surface area contributed by atoms with Crippen LogP contribution in [0.4, 0.5) is 33.7 Å². The van der Waals surface area contributed by atoms with Gasteiger partial charge in [-0.25, -0.2) is 9.18 Å². The van der Waals surface area contributed by atoms with Gasteiger partial charge in [0.1, 0.15) is 35.7 Å². The van der Waals surface area contributed by atoms with E-state index in [0.717, 1.165) is 24.3 Å². The zero-order chi connectivity index (χ0) is 28.9. The Morgan fingerprint density at radius 1 is 0.925 bits per heavy atom. The van der Waals surface area contributed by atoms with Gasteiger partial charge in [0.15, 0.2) is 0 Å². The van der Waals surface area contributed by atoms with E-state index in [1.165, 1.54) is 47.7 Å². The van der Waals surface area contributed by atoms with Crippen LogP contribution >= 0.6 is 0 Å². The summed E-state index contributed by atoms with van der Waals surface area (Å²) in [5.74, 6) is -0.831. The molecule has 0 bridgehead atoms. The van der Waals surface area contributed by atoms with Crippen molar-refractivity contribution in [1.29, 1.82) is 0 Å². The van der Waals surface area contributed by atoms with Crippen molar-refractivity contribution in [3.63, 3.8) is 0 Å². The van der Waals surface area contributed by atoms with E-state index in [9.17, 15) is 27.2 Å². The number of anilines is 2. The van der Waals surface area contributed by atoms with Crippen LogP contribution < -0.4 is 15.4 Å². The molecule has 4 rings (SSSR count). The van der Waals surface area contributed by atoms with Gasteiger partial charge < -0.3 is 20.3 Å². The smallest absolute Gasteiger partial charge is 0.416 e. The monoisotopic (exact) mass is 557 g/mol. The van der Waals surface area contributed by atoms with E-state index in [1.54, 1.807) is 4.90 Å². The Balaban J connectivity index is 1.48. The summed E-state index contributed by atoms with van der Waals surface area (Å²) in [6.45, 7) is 4.70. The summed E-state index contributed by atoms with van der Waals surface area (Å²) in [5.41, 5.74) is -1.13. The molecule has 0 atom stereocenters. The van der Waals surface area contributed by atoms with E-state index in [4.69, 9.17) is 4.74 Å². The standard InChI is InChI=1S/C26H23F4N7O3/c1-3-36(4-2)24(38)22-13-18(9-10-31-22)40-17-6-7-20(19(27)12-17)34-25(39)35-21-11-16(26(28,29)30)5-8-23(21)37-14-32-33-15-37/h5-15H,3-4H2,1-2H3,(H2,34,35,39). The number of nitrogens with zero attached hydrogens (tertiary/aromatic N) is 5. The highest BCUT2D eigenvalue weighted by Gasteiger charge is 2.31. The molecule has 3 amide bonds. The van der Waals surface area contributed by atoms with Crippen LogP contribution in [0.25, 0.3) is 5.69 Å². The van der Waals surface area contributed by atoms with E-state index >= 15 is 0 Å². The highest BCUT2D eigenvalue weighted by molar-refractivity contribution is 6.01. The number of carbonyl (C=O) groups is 2. The zero-order valence-electron chi connectivity index (χ0n) is 21.2. The molecule has 0 aliphatic heterocycles. The van der Waals surface area contributed by atoms with Crippen molar-refractivity contribution >= 4 is 23.3 Å². The lowest BCUT2D eigenvalue weighted by Gasteiger charge is -2.18. The second-order valence-corrected chi connectivity index (χ2v) is 8.28. The number of nitrogens with one attached hydrogen (secondary N) is 2. The quantitative estimate of drug-likeness (QED) is 0.267. The van der Waals surface area contributed by atoms with E-state index in [1.807, 2.05) is 13.8 Å². The first-order valence-electron chi connectivity index (χ1n) is 12.0. The number of rotatable bonds is 8. The number of ether oxygens (including phenoxy) is 1. The molecule has 0 fully saturated rings. The Morgan fingerprint density at radius 2 is 1.60 bits per heavy atom. The Labute approximate surface area is 225 Å². The van der Waals surface area contributed by atoms with Crippen molar-refractivity contribution < 1.29 is 31.9 Å². The fraction of sp³-hybridized carbons (Fsp3) is 0.192. The van der Waals surface area contributed by atoms with Crippen LogP contribution in [-0.2, 0) is 6.18 Å². The largest absolute Gasteiger partial charge is 0.457 e. The second-order valence-electron chi connectivity index (χ2n) is 8.28. The summed E-state index contributed by atoms with van der Waals surface area (Å²) < 4.78 is 61.6. The number of hydrogen-bond acceptors (Lipinski definition) is 6. The lowest BCUT2D eigenvalue weighted by molar-refractivity contribution is -0.137. The number of alkyl halides is 3. The Bertz CT molecular complexity index is 1510. The third kappa shape index (κ3) is 6.51. The summed E-state index contributed by atoms with van der Waals surface area (Å²) in [6, 6.07) is 8.29. The minimum atomic E-state index is -4.66. The third-order valence-corrected chi connectivity index (χ3v) is 5.69. The molecule has 4 aromatic rings. The van der Waals surface area contributed by atoms with Crippen LogP contribution in [0, 0.1) is 5.82 Å². The van der Waals surface area contributed by atoms with Gasteiger partial charge >= 0.3 is 12.2 Å². The molecule has 2 heterocycles. The van der Waals surface area contributed by atoms with Crippen LogP contribution in [0.5, 0.6) is 11.5 Å². The maximum absolute atomic E-state index is 14.8. The average Bonchev–Trinajstić information content (AvgIpc) is 3.45. The molecular weight excluding hydrogens is 534 g/mol. The molecule has 0 aliphatic rings. The van der Waals surface area contributed by atoms with Gasteiger partial charge in [0.25, 0.3) is 5.91 Å². The fourth-order valence-corrected chi connectivity index (χ4v) is 3.70. The minimum absolute atomic E-state index is 0.0728. The molecule has 0 unspecified atom stereocenters. The van der Waals surface area contributed by atoms with Gasteiger partial charge in [-0.15, -0.1) is 10.2 Å². The number of benzene rings is 2. The predicted octanol–water partition coefficient (Wildman–Crippen LogP) is 5.74. The Morgan fingerprint density at radius 3 is 2.25 bits per heavy atom. The summed E-state index contributed by atoms with van der Waals surface area (Å²) in [5, 5.41) is 11.8. The highest BCUT2D eigenvalue weighted by atomic mass is 19.4. The molecule has 0 spiro atoms. The van der Waals surface area contributed by atoms with Crippen molar-refractivity contribution in [2.75, 3.05) is 23.7 Å². The lowest BCUT2D eigenvalue weighted by Crippen LogP contribution is -2.31. The first kappa shape index (κ1) is 28.0. The second kappa shape index (κ2) is 11.8. The van der Waals surface area contributed by atoms with Crippen LogP contribution in [0.2, 0.25) is 0 Å². The van der Waals surface area contributed by atoms with Crippen molar-refractivity contribution in [2.45, 2.75) is 20.0 Å². The van der Waals surface area contributed by atoms with E-state index in [0.29, 0.717) is 13.1 Å². The molecule has 0 saturated heterocycles. The number of hydrogen-bond donors (Lipinski definition) is 2. The fourth-order valence-electron chi connectivity index (χ4n) is 3.70. The molecule has 2 aromatic heterocycles. The SMILES string of the molecule is CCN(CC)C(=O)c1cc(Oc2ccc(NC(=O)Nc3cc(C(F)(F)F)ccc3-n3cnnc3)c(F)c2)ccn1. The van der Waals surface area contributed by atoms with E-state index in [-0.39, 0.29) is 40.2 Å². The number of pyridine rings is 1. The topological polar surface area (TPSA) is 114 Å². The molecule has 0 aliphatic carbocycles. The van der Waals surface area contributed by atoms with Crippen molar-refractivity contribution in [2.24, 2.45) is 0 Å². The first-order valence-corrected chi connectivity index (χ1v) is 12.0. The summed E-state index contributed by atoms with van der Waals surface area (Å²) in [6.07, 6.45) is -0.774. The number of halogens is 4. The first-order chi connectivity index (χ1) is 19.1. The minimum Gasteiger partial charge on any atom is -0.457 e. The molecule has 208 valence electrons. The predicted molar refractivity (Wildman–Crippen MR) is 137 cm³/mol. The number of urea groups is 1. The van der Waals surface area contributed by atoms with Crippen molar-refractivity contribution in [3.8, 4) is 17.2 Å². The van der Waals surface area contributed by atoms with Gasteiger partial charge in [0, 0.05) is 31.4 Å². The number of amides is 3. The molecular formula is C26H23F4N7O3. The molecule has 14 heteroatoms. The average molecular weight is 558 g/mol. The molecule has 0 saturated carbocycles. The van der Waals surface area contributed by atoms with Gasteiger partial charge in [-0.1, -0.05) is 0 Å². The zero-order valence-corrected chi connectivity index (χ0v) is 21.2. The van der Waals surface area contributed by atoms with Crippen LogP contribution in [0.1, 0.15) is 29.9 Å². The molecule has 10 nitrogen and oxygen atoms in total. The summed E-state index contributed by atoms with van der Waals surface area (Å²) in [7, 11) is 0. The Kier molecular flexibility index (Phi) is 8.26. The van der Waals surface area contributed by atoms with Crippen molar-refractivity contribution in [3.05, 3.63) is 84.5 Å². The summed E-state index contributed by atoms with van der Waals surface area (Å²) >= 11 is 0. The molecule has 2 N–H and O–H groups in total. The maximum atomic E-state index is 14.8. The van der Waals surface area contributed by atoms with Gasteiger partial charge in [0.05, 0.1) is 22.6 Å². The normalized spacial score (nSPS) is 11.2. The van der Waals surface area contributed by atoms with Gasteiger partial charge in [-0.3, -0.25) is 14.3 Å². The maximum Gasteiger partial charge on any atom is 0.416 e. The van der Waals surface area contributed by atoms with Gasteiger partial charge in [-0.05, 0) is 50.2 Å². The lowest BCUT2D eigenvalue weighted by atomic mass is 10.1. The van der Waals surface area contributed by atoms with Crippen LogP contribution in [0.15, 0.2) is 67.4 Å². The van der Waals surface area contributed by atoms with Crippen LogP contribution in [0.3, 0.4) is 0 Å². The van der Waals surface area contributed by atoms with Gasteiger partial charge in [0.2, 0.25) is 0 Å². The van der Waals surface area contributed by atoms with E-state index in [2.05, 4.69) is 25.8 Å². The molecule has 40 heavy (non-hydrogen) atoms. The van der Waals surface area contributed by atoms with Gasteiger partial charge in [-0.2, -0.15) is 13.2 Å².